The molecule has 1 aliphatic heterocycles. The van der Waals surface area contributed by atoms with Crippen LogP contribution in [0.25, 0.3) is 0 Å². The lowest BCUT2D eigenvalue weighted by Crippen LogP contribution is -2.59. The molecule has 4 N–H and O–H groups in total. The predicted molar refractivity (Wildman–Crippen MR) is 252 cm³/mol. The standard InChI is InChI=1S/C52H100O9/c1-3-5-7-9-11-13-15-17-19-21-22-23-24-25-26-28-30-32-34-36-38-40-42-58-44-46(45-59-52-51(57)50(56)49(55)47(43-53)61-52)60-48(54)41-39-37-35-33-31-29-27-20-18-16-14-12-10-8-6-4-2/h21-22,46-47,49-53,55-57H,3-20,23-45H2,1-2H3/b22-21-. The number of ether oxygens (including phenoxy) is 4. The third-order valence-corrected chi connectivity index (χ3v) is 12.4. The smallest absolute Gasteiger partial charge is 0.306 e. The Morgan fingerprint density at radius 2 is 0.902 bits per heavy atom. The van der Waals surface area contributed by atoms with E-state index in [0.29, 0.717) is 13.0 Å². The van der Waals surface area contributed by atoms with Crippen molar-refractivity contribution in [2.75, 3.05) is 26.4 Å². The number of hydrogen-bond donors (Lipinski definition) is 4. The summed E-state index contributed by atoms with van der Waals surface area (Å²) in [7, 11) is 0. The molecule has 362 valence electrons. The molecule has 0 spiro atoms. The predicted octanol–water partition coefficient (Wildman–Crippen LogP) is 12.8. The SMILES string of the molecule is CCCCCCCCCC/C=C\CCCCCCCCCCCCOCC(COC1OC(CO)C(O)C(O)C1O)OC(=O)CCCCCCCCCCCCCCCCCC. The summed E-state index contributed by atoms with van der Waals surface area (Å²) in [5.74, 6) is -0.308. The van der Waals surface area contributed by atoms with Gasteiger partial charge in [-0.2, -0.15) is 0 Å². The van der Waals surface area contributed by atoms with Crippen molar-refractivity contribution in [3.63, 3.8) is 0 Å². The minimum absolute atomic E-state index is 0.108. The number of allylic oxidation sites excluding steroid dienone is 2. The van der Waals surface area contributed by atoms with Crippen molar-refractivity contribution in [1.82, 2.24) is 0 Å². The second kappa shape index (κ2) is 44.1. The van der Waals surface area contributed by atoms with E-state index in [1.54, 1.807) is 0 Å². The molecule has 0 bridgehead atoms. The van der Waals surface area contributed by atoms with E-state index in [1.165, 1.54) is 199 Å². The Morgan fingerprint density at radius 3 is 1.33 bits per heavy atom. The maximum Gasteiger partial charge on any atom is 0.306 e. The Labute approximate surface area is 375 Å². The first-order valence-electron chi connectivity index (χ1n) is 26.3. The Hall–Kier alpha value is -1.07. The summed E-state index contributed by atoms with van der Waals surface area (Å²) >= 11 is 0. The summed E-state index contributed by atoms with van der Waals surface area (Å²) in [6, 6.07) is 0. The second-order valence-corrected chi connectivity index (χ2v) is 18.3. The molecule has 61 heavy (non-hydrogen) atoms. The van der Waals surface area contributed by atoms with Crippen LogP contribution in [0.15, 0.2) is 12.2 Å². The Bertz CT molecular complexity index is 946. The molecule has 1 aliphatic rings. The average Bonchev–Trinajstić information content (AvgIpc) is 3.26. The molecule has 6 atom stereocenters. The molecule has 6 unspecified atom stereocenters. The summed E-state index contributed by atoms with van der Waals surface area (Å²) in [5.41, 5.74) is 0. The molecule has 0 aromatic rings. The zero-order chi connectivity index (χ0) is 44.3. The number of esters is 1. The van der Waals surface area contributed by atoms with Crippen LogP contribution in [0, 0.1) is 0 Å². The quantitative estimate of drug-likeness (QED) is 0.0268. The zero-order valence-corrected chi connectivity index (χ0v) is 39.9. The first-order valence-corrected chi connectivity index (χ1v) is 26.3. The largest absolute Gasteiger partial charge is 0.457 e. The lowest BCUT2D eigenvalue weighted by atomic mass is 9.99. The molecule has 0 radical (unpaired) electrons. The van der Waals surface area contributed by atoms with Crippen molar-refractivity contribution >= 4 is 5.97 Å². The summed E-state index contributed by atoms with van der Waals surface area (Å²) in [6.07, 6.45) is 43.9. The van der Waals surface area contributed by atoms with Gasteiger partial charge in [0, 0.05) is 13.0 Å². The highest BCUT2D eigenvalue weighted by atomic mass is 16.7. The molecule has 0 aliphatic carbocycles. The zero-order valence-electron chi connectivity index (χ0n) is 39.9. The average molecular weight is 869 g/mol. The van der Waals surface area contributed by atoms with E-state index in [1.807, 2.05) is 0 Å². The molecule has 0 saturated carbocycles. The van der Waals surface area contributed by atoms with E-state index in [0.717, 1.165) is 32.1 Å². The molecular weight excluding hydrogens is 769 g/mol. The second-order valence-electron chi connectivity index (χ2n) is 18.3. The Morgan fingerprint density at radius 1 is 0.508 bits per heavy atom. The van der Waals surface area contributed by atoms with Crippen LogP contribution in [0.1, 0.15) is 251 Å². The van der Waals surface area contributed by atoms with Gasteiger partial charge in [0.05, 0.1) is 19.8 Å². The van der Waals surface area contributed by atoms with E-state index < -0.39 is 43.4 Å². The van der Waals surface area contributed by atoms with Gasteiger partial charge in [0.1, 0.15) is 30.5 Å². The van der Waals surface area contributed by atoms with Crippen LogP contribution in [-0.2, 0) is 23.7 Å². The van der Waals surface area contributed by atoms with Crippen LogP contribution >= 0.6 is 0 Å². The lowest BCUT2D eigenvalue weighted by molar-refractivity contribution is -0.305. The first-order chi connectivity index (χ1) is 29.9. The van der Waals surface area contributed by atoms with Gasteiger partial charge in [0.2, 0.25) is 0 Å². The fraction of sp³-hybridized carbons (Fsp3) is 0.942. The van der Waals surface area contributed by atoms with Crippen molar-refractivity contribution in [3.05, 3.63) is 12.2 Å². The fourth-order valence-electron chi connectivity index (χ4n) is 8.31. The van der Waals surface area contributed by atoms with Crippen molar-refractivity contribution in [1.29, 1.82) is 0 Å². The molecule has 9 nitrogen and oxygen atoms in total. The molecule has 0 amide bonds. The number of rotatable bonds is 46. The summed E-state index contributed by atoms with van der Waals surface area (Å²) < 4.78 is 22.9. The maximum atomic E-state index is 12.8. The van der Waals surface area contributed by atoms with Gasteiger partial charge in [-0.1, -0.05) is 219 Å². The van der Waals surface area contributed by atoms with Crippen LogP contribution < -0.4 is 0 Å². The van der Waals surface area contributed by atoms with Gasteiger partial charge < -0.3 is 39.4 Å². The third-order valence-electron chi connectivity index (χ3n) is 12.4. The molecule has 1 fully saturated rings. The highest BCUT2D eigenvalue weighted by Gasteiger charge is 2.44. The summed E-state index contributed by atoms with van der Waals surface area (Å²) in [6.45, 7) is 4.61. The number of carbonyl (C=O) groups excluding carboxylic acids is 1. The van der Waals surface area contributed by atoms with Gasteiger partial charge in [-0.3, -0.25) is 4.79 Å². The van der Waals surface area contributed by atoms with E-state index in [9.17, 15) is 25.2 Å². The van der Waals surface area contributed by atoms with Crippen LogP contribution in [0.3, 0.4) is 0 Å². The van der Waals surface area contributed by atoms with Crippen LogP contribution in [-0.4, -0.2) is 89.6 Å². The summed E-state index contributed by atoms with van der Waals surface area (Å²) in [4.78, 5) is 12.8. The van der Waals surface area contributed by atoms with Crippen molar-refractivity contribution in [3.8, 4) is 0 Å². The molecule has 1 heterocycles. The van der Waals surface area contributed by atoms with Gasteiger partial charge in [-0.25, -0.2) is 0 Å². The fourth-order valence-corrected chi connectivity index (χ4v) is 8.31. The first kappa shape index (κ1) is 57.9. The van der Waals surface area contributed by atoms with Gasteiger partial charge in [-0.05, 0) is 38.5 Å². The normalized spacial score (nSPS) is 19.9. The van der Waals surface area contributed by atoms with Crippen LogP contribution in [0.4, 0.5) is 0 Å². The van der Waals surface area contributed by atoms with Gasteiger partial charge >= 0.3 is 5.97 Å². The minimum Gasteiger partial charge on any atom is -0.457 e. The van der Waals surface area contributed by atoms with Crippen LogP contribution in [0.5, 0.6) is 0 Å². The lowest BCUT2D eigenvalue weighted by Gasteiger charge is -2.39. The van der Waals surface area contributed by atoms with Crippen LogP contribution in [0.2, 0.25) is 0 Å². The number of hydrogen-bond acceptors (Lipinski definition) is 9. The van der Waals surface area contributed by atoms with E-state index in [-0.39, 0.29) is 19.2 Å². The third kappa shape index (κ3) is 34.9. The van der Waals surface area contributed by atoms with E-state index in [4.69, 9.17) is 18.9 Å². The monoisotopic (exact) mass is 869 g/mol. The van der Waals surface area contributed by atoms with Gasteiger partial charge in [-0.15, -0.1) is 0 Å². The number of aliphatic hydroxyl groups excluding tert-OH is 4. The topological polar surface area (TPSA) is 135 Å². The maximum absolute atomic E-state index is 12.8. The Balaban J connectivity index is 2.17. The molecule has 1 rings (SSSR count). The minimum atomic E-state index is -1.53. The van der Waals surface area contributed by atoms with Gasteiger partial charge in [0.25, 0.3) is 0 Å². The number of carbonyl (C=O) groups is 1. The Kier molecular flexibility index (Phi) is 41.9. The molecule has 1 saturated heterocycles. The van der Waals surface area contributed by atoms with Crippen molar-refractivity contribution in [2.24, 2.45) is 0 Å². The number of unbranched alkanes of at least 4 members (excludes halogenated alkanes) is 33. The van der Waals surface area contributed by atoms with E-state index in [2.05, 4.69) is 26.0 Å². The van der Waals surface area contributed by atoms with Crippen molar-refractivity contribution < 1.29 is 44.2 Å². The highest BCUT2D eigenvalue weighted by Crippen LogP contribution is 2.23. The summed E-state index contributed by atoms with van der Waals surface area (Å²) in [5, 5.41) is 40.2. The molecule has 9 heteroatoms. The van der Waals surface area contributed by atoms with E-state index >= 15 is 0 Å². The number of aliphatic hydroxyl groups is 4. The molecular formula is C52H100O9. The molecule has 0 aromatic carbocycles. The molecule has 0 aromatic heterocycles. The van der Waals surface area contributed by atoms with Crippen molar-refractivity contribution in [2.45, 2.75) is 288 Å². The van der Waals surface area contributed by atoms with Gasteiger partial charge in [0.15, 0.2) is 6.29 Å². The highest BCUT2D eigenvalue weighted by molar-refractivity contribution is 5.69.